The second-order valence-electron chi connectivity index (χ2n) is 10.1. The van der Waals surface area contributed by atoms with Crippen LogP contribution in [0.3, 0.4) is 0 Å². The molecule has 0 unspecified atom stereocenters. The first-order chi connectivity index (χ1) is 17.6. The van der Waals surface area contributed by atoms with Gasteiger partial charge in [-0.25, -0.2) is 14.5 Å². The molecule has 11 heteroatoms. The minimum atomic E-state index is -0.538. The third-order valence-electron chi connectivity index (χ3n) is 6.15. The highest BCUT2D eigenvalue weighted by molar-refractivity contribution is 5.70. The number of hydrogen-bond donors (Lipinski definition) is 0. The molecule has 4 aromatic rings. The van der Waals surface area contributed by atoms with Gasteiger partial charge in [0, 0.05) is 30.9 Å². The van der Waals surface area contributed by atoms with Crippen LogP contribution >= 0.6 is 0 Å². The second kappa shape index (κ2) is 9.20. The molecule has 1 atom stereocenters. The summed E-state index contributed by atoms with van der Waals surface area (Å²) < 4.78 is 15.2. The summed E-state index contributed by atoms with van der Waals surface area (Å²) in [6.45, 7) is 10.4. The molecule has 1 fully saturated rings. The number of carbonyl (C=O) groups excluding carboxylic acids is 1. The molecular weight excluding hydrogens is 472 g/mol. The summed E-state index contributed by atoms with van der Waals surface area (Å²) in [5.74, 6) is 0.452. The maximum absolute atomic E-state index is 12.3. The van der Waals surface area contributed by atoms with E-state index >= 15 is 0 Å². The van der Waals surface area contributed by atoms with Crippen LogP contribution in [-0.4, -0.2) is 59.0 Å². The van der Waals surface area contributed by atoms with Gasteiger partial charge in [0.1, 0.15) is 34.8 Å². The van der Waals surface area contributed by atoms with Gasteiger partial charge in [-0.15, -0.1) is 5.10 Å². The quantitative estimate of drug-likeness (QED) is 0.401. The lowest BCUT2D eigenvalue weighted by atomic mass is 10.1. The first kappa shape index (κ1) is 24.2. The summed E-state index contributed by atoms with van der Waals surface area (Å²) in [7, 11) is 0. The van der Waals surface area contributed by atoms with Crippen molar-refractivity contribution in [1.82, 2.24) is 34.3 Å². The predicted octanol–water partition coefficient (Wildman–Crippen LogP) is 4.10. The highest BCUT2D eigenvalue weighted by atomic mass is 16.6. The molecule has 1 saturated heterocycles. The van der Waals surface area contributed by atoms with Crippen molar-refractivity contribution in [2.45, 2.75) is 52.4 Å². The molecule has 5 heterocycles. The molecule has 11 nitrogen and oxygen atoms in total. The number of hydrogen-bond acceptors (Lipinski definition) is 8. The minimum Gasteiger partial charge on any atom is -0.469 e. The van der Waals surface area contributed by atoms with E-state index in [2.05, 4.69) is 26.3 Å². The summed E-state index contributed by atoms with van der Waals surface area (Å²) in [5, 5.41) is 18.4. The maximum Gasteiger partial charge on any atom is 0.410 e. The van der Waals surface area contributed by atoms with Crippen LogP contribution in [0.4, 0.5) is 4.79 Å². The first-order valence-corrected chi connectivity index (χ1v) is 12.0. The Bertz CT molecular complexity index is 1490. The summed E-state index contributed by atoms with van der Waals surface area (Å²) in [5.41, 5.74) is 3.44. The van der Waals surface area contributed by atoms with Gasteiger partial charge in [0.15, 0.2) is 0 Å². The minimum absolute atomic E-state index is 0.00835. The number of rotatable bonds is 5. The average molecular weight is 501 g/mol. The zero-order valence-corrected chi connectivity index (χ0v) is 21.4. The fourth-order valence-electron chi connectivity index (χ4n) is 4.28. The van der Waals surface area contributed by atoms with Gasteiger partial charge in [0.25, 0.3) is 0 Å². The smallest absolute Gasteiger partial charge is 0.410 e. The number of carbonyl (C=O) groups is 1. The average Bonchev–Trinajstić information content (AvgIpc) is 3.41. The molecular formula is C26H28N8O3. The SMILES string of the molecule is Cc1c(-c2cc(O[C@H](C)c3ccccn3)n3c(C#N)cnc3c2)nnn1C1CN(C(=O)OC(C)(C)C)C1. The fourth-order valence-corrected chi connectivity index (χ4v) is 4.28. The van der Waals surface area contributed by atoms with Crippen molar-refractivity contribution in [2.75, 3.05) is 13.1 Å². The van der Waals surface area contributed by atoms with E-state index in [0.29, 0.717) is 36.0 Å². The van der Waals surface area contributed by atoms with E-state index < -0.39 is 5.60 Å². The Morgan fingerprint density at radius 2 is 2.00 bits per heavy atom. The van der Waals surface area contributed by atoms with Gasteiger partial charge in [-0.3, -0.25) is 9.38 Å². The van der Waals surface area contributed by atoms with Gasteiger partial charge in [0.2, 0.25) is 5.88 Å². The summed E-state index contributed by atoms with van der Waals surface area (Å²) in [6.07, 6.45) is 2.54. The molecule has 0 aromatic carbocycles. The molecule has 0 aliphatic carbocycles. The Labute approximate surface area is 214 Å². The first-order valence-electron chi connectivity index (χ1n) is 12.0. The second-order valence-corrected chi connectivity index (χ2v) is 10.1. The molecule has 1 aliphatic rings. The van der Waals surface area contributed by atoms with Gasteiger partial charge in [-0.05, 0) is 52.8 Å². The van der Waals surface area contributed by atoms with Crippen LogP contribution in [0.1, 0.15) is 56.9 Å². The van der Waals surface area contributed by atoms with Crippen LogP contribution in [0.15, 0.2) is 42.7 Å². The Balaban J connectivity index is 1.43. The monoisotopic (exact) mass is 500 g/mol. The van der Waals surface area contributed by atoms with Gasteiger partial charge >= 0.3 is 6.09 Å². The predicted molar refractivity (Wildman–Crippen MR) is 134 cm³/mol. The fraction of sp³-hybridized carbons (Fsp3) is 0.385. The Hall–Kier alpha value is -4.46. The zero-order chi connectivity index (χ0) is 26.3. The normalized spacial score (nSPS) is 14.8. The number of fused-ring (bicyclic) bond motifs is 1. The van der Waals surface area contributed by atoms with E-state index in [4.69, 9.17) is 9.47 Å². The Morgan fingerprint density at radius 3 is 2.68 bits per heavy atom. The van der Waals surface area contributed by atoms with Crippen molar-refractivity contribution in [1.29, 1.82) is 5.26 Å². The van der Waals surface area contributed by atoms with E-state index in [-0.39, 0.29) is 18.2 Å². The van der Waals surface area contributed by atoms with E-state index in [0.717, 1.165) is 17.0 Å². The molecule has 5 rings (SSSR count). The standard InChI is InChI=1S/C26H28N8O3/c1-16-24(30-31-34(16)20-14-32(15-20)25(35)37-26(3,4)5)18-10-22-29-13-19(12-27)33(22)23(11-18)36-17(2)21-8-6-7-9-28-21/h6-11,13,17,20H,14-15H2,1-5H3/t17-/m1/s1. The Kier molecular flexibility index (Phi) is 6.03. The lowest BCUT2D eigenvalue weighted by Crippen LogP contribution is -2.52. The number of imidazole rings is 1. The molecule has 0 saturated carbocycles. The molecule has 1 amide bonds. The van der Waals surface area contributed by atoms with E-state index in [9.17, 15) is 10.1 Å². The molecule has 0 bridgehead atoms. The van der Waals surface area contributed by atoms with Crippen molar-refractivity contribution in [3.63, 3.8) is 0 Å². The highest BCUT2D eigenvalue weighted by Gasteiger charge is 2.36. The lowest BCUT2D eigenvalue weighted by Gasteiger charge is -2.39. The number of aromatic nitrogens is 6. The van der Waals surface area contributed by atoms with Crippen molar-refractivity contribution in [3.8, 4) is 23.2 Å². The number of likely N-dealkylation sites (tertiary alicyclic amines) is 1. The van der Waals surface area contributed by atoms with Gasteiger partial charge < -0.3 is 14.4 Å². The maximum atomic E-state index is 12.3. The van der Waals surface area contributed by atoms with E-state index in [1.807, 2.05) is 69.6 Å². The van der Waals surface area contributed by atoms with Crippen molar-refractivity contribution in [2.24, 2.45) is 0 Å². The number of nitriles is 1. The molecule has 0 radical (unpaired) electrons. The molecule has 4 aromatic heterocycles. The summed E-state index contributed by atoms with van der Waals surface area (Å²) in [4.78, 5) is 22.8. The number of amides is 1. The molecule has 0 N–H and O–H groups in total. The van der Waals surface area contributed by atoms with Crippen molar-refractivity contribution >= 4 is 11.7 Å². The zero-order valence-electron chi connectivity index (χ0n) is 21.4. The molecule has 0 spiro atoms. The van der Waals surface area contributed by atoms with Crippen molar-refractivity contribution in [3.05, 3.63) is 59.8 Å². The topological polar surface area (TPSA) is 123 Å². The summed E-state index contributed by atoms with van der Waals surface area (Å²) in [6, 6.07) is 11.5. The number of ether oxygens (including phenoxy) is 2. The largest absolute Gasteiger partial charge is 0.469 e. The third kappa shape index (κ3) is 4.70. The third-order valence-corrected chi connectivity index (χ3v) is 6.15. The van der Waals surface area contributed by atoms with Gasteiger partial charge in [-0.1, -0.05) is 11.3 Å². The molecule has 1 aliphatic heterocycles. The van der Waals surface area contributed by atoms with E-state index in [1.165, 1.54) is 6.20 Å². The number of nitrogens with zero attached hydrogens (tertiary/aromatic N) is 8. The van der Waals surface area contributed by atoms with Crippen LogP contribution in [0, 0.1) is 18.3 Å². The van der Waals surface area contributed by atoms with E-state index in [1.54, 1.807) is 15.5 Å². The highest BCUT2D eigenvalue weighted by Crippen LogP contribution is 2.32. The van der Waals surface area contributed by atoms with Crippen LogP contribution < -0.4 is 4.74 Å². The summed E-state index contributed by atoms with van der Waals surface area (Å²) >= 11 is 0. The van der Waals surface area contributed by atoms with Crippen molar-refractivity contribution < 1.29 is 14.3 Å². The van der Waals surface area contributed by atoms with Gasteiger partial charge in [-0.2, -0.15) is 5.26 Å². The van der Waals surface area contributed by atoms with Crippen LogP contribution in [-0.2, 0) is 4.74 Å². The molecule has 190 valence electrons. The Morgan fingerprint density at radius 1 is 1.22 bits per heavy atom. The van der Waals surface area contributed by atoms with Crippen LogP contribution in [0.5, 0.6) is 5.88 Å². The lowest BCUT2D eigenvalue weighted by molar-refractivity contribution is -0.000882. The number of pyridine rings is 2. The van der Waals surface area contributed by atoms with Gasteiger partial charge in [0.05, 0.1) is 23.6 Å². The van der Waals surface area contributed by atoms with Crippen LogP contribution in [0.25, 0.3) is 16.9 Å². The molecule has 37 heavy (non-hydrogen) atoms. The van der Waals surface area contributed by atoms with Crippen LogP contribution in [0.2, 0.25) is 0 Å².